The molecule has 0 unspecified atom stereocenters. The molecule has 24 heavy (non-hydrogen) atoms. The van der Waals surface area contributed by atoms with E-state index in [1.807, 2.05) is 46.6 Å². The highest BCUT2D eigenvalue weighted by Crippen LogP contribution is 2.15. The molecule has 2 heterocycles. The third-order valence-corrected chi connectivity index (χ3v) is 4.85. The van der Waals surface area contributed by atoms with Crippen LogP contribution >= 0.6 is 11.3 Å². The van der Waals surface area contributed by atoms with Gasteiger partial charge in [-0.2, -0.15) is 16.4 Å². The summed E-state index contributed by atoms with van der Waals surface area (Å²) in [6.45, 7) is 5.32. The molecule has 1 amide bonds. The molecule has 1 aromatic carbocycles. The van der Waals surface area contributed by atoms with Crippen LogP contribution in [0.15, 0.2) is 47.2 Å². The average Bonchev–Trinajstić information content (AvgIpc) is 3.16. The molecule has 4 nitrogen and oxygen atoms in total. The van der Waals surface area contributed by atoms with E-state index in [4.69, 9.17) is 0 Å². The summed E-state index contributed by atoms with van der Waals surface area (Å²) in [5.41, 5.74) is 5.46. The Kier molecular flexibility index (Phi) is 5.11. The highest BCUT2D eigenvalue weighted by molar-refractivity contribution is 7.07. The van der Waals surface area contributed by atoms with Crippen LogP contribution in [0.25, 0.3) is 0 Å². The van der Waals surface area contributed by atoms with E-state index in [9.17, 15) is 4.79 Å². The van der Waals surface area contributed by atoms with Gasteiger partial charge in [0.25, 0.3) is 0 Å². The molecule has 3 rings (SSSR count). The van der Waals surface area contributed by atoms with Crippen LogP contribution in [-0.2, 0) is 24.3 Å². The van der Waals surface area contributed by atoms with Crippen LogP contribution in [-0.4, -0.2) is 15.7 Å². The molecular formula is C19H21N3OS. The predicted octanol–water partition coefficient (Wildman–Crippen LogP) is 3.47. The lowest BCUT2D eigenvalue weighted by Crippen LogP contribution is -2.25. The molecule has 0 aliphatic heterocycles. The summed E-state index contributed by atoms with van der Waals surface area (Å²) in [7, 11) is 0. The number of thiophene rings is 1. The van der Waals surface area contributed by atoms with Crippen molar-refractivity contribution in [2.75, 3.05) is 0 Å². The number of nitrogens with zero attached hydrogens (tertiary/aromatic N) is 2. The van der Waals surface area contributed by atoms with E-state index < -0.39 is 0 Å². The maximum atomic E-state index is 12.1. The fraction of sp³-hybridized carbons (Fsp3) is 0.263. The Hall–Kier alpha value is -2.40. The van der Waals surface area contributed by atoms with Crippen LogP contribution < -0.4 is 5.32 Å². The van der Waals surface area contributed by atoms with Crippen molar-refractivity contribution in [3.63, 3.8) is 0 Å². The number of hydrogen-bond donors (Lipinski definition) is 1. The number of benzene rings is 1. The summed E-state index contributed by atoms with van der Waals surface area (Å²) in [5.74, 6) is 0.0445. The number of amides is 1. The fourth-order valence-electron chi connectivity index (χ4n) is 2.73. The van der Waals surface area contributed by atoms with Crippen molar-refractivity contribution in [2.45, 2.75) is 33.4 Å². The van der Waals surface area contributed by atoms with E-state index in [1.165, 1.54) is 5.56 Å². The van der Waals surface area contributed by atoms with Crippen LogP contribution in [0.5, 0.6) is 0 Å². The van der Waals surface area contributed by atoms with Crippen LogP contribution in [0.1, 0.15) is 28.1 Å². The summed E-state index contributed by atoms with van der Waals surface area (Å²) < 4.78 is 2.00. The zero-order valence-electron chi connectivity index (χ0n) is 14.0. The molecule has 0 saturated carbocycles. The van der Waals surface area contributed by atoms with E-state index >= 15 is 0 Å². The van der Waals surface area contributed by atoms with Gasteiger partial charge < -0.3 is 5.32 Å². The Morgan fingerprint density at radius 2 is 1.96 bits per heavy atom. The number of carbonyl (C=O) groups is 1. The molecule has 1 N–H and O–H groups in total. The van der Waals surface area contributed by atoms with Crippen LogP contribution in [0, 0.1) is 13.8 Å². The summed E-state index contributed by atoms with van der Waals surface area (Å²) >= 11 is 1.61. The topological polar surface area (TPSA) is 46.9 Å². The molecule has 0 spiro atoms. The van der Waals surface area contributed by atoms with E-state index in [2.05, 4.69) is 29.5 Å². The van der Waals surface area contributed by atoms with Crippen molar-refractivity contribution in [1.29, 1.82) is 0 Å². The van der Waals surface area contributed by atoms with Gasteiger partial charge in [-0.1, -0.05) is 30.3 Å². The molecule has 2 aromatic heterocycles. The molecule has 124 valence electrons. The summed E-state index contributed by atoms with van der Waals surface area (Å²) in [6.07, 6.45) is 0.430. The van der Waals surface area contributed by atoms with Gasteiger partial charge in [-0.15, -0.1) is 0 Å². The monoisotopic (exact) mass is 339 g/mol. The second-order valence-electron chi connectivity index (χ2n) is 5.88. The van der Waals surface area contributed by atoms with Gasteiger partial charge in [0.2, 0.25) is 5.91 Å². The van der Waals surface area contributed by atoms with Crippen molar-refractivity contribution >= 4 is 17.2 Å². The second kappa shape index (κ2) is 7.45. The lowest BCUT2D eigenvalue weighted by Gasteiger charge is -2.07. The van der Waals surface area contributed by atoms with Crippen molar-refractivity contribution < 1.29 is 4.79 Å². The Balaban J connectivity index is 1.64. The first-order valence-corrected chi connectivity index (χ1v) is 8.92. The van der Waals surface area contributed by atoms with E-state index in [0.29, 0.717) is 13.0 Å². The summed E-state index contributed by atoms with van der Waals surface area (Å²) in [4.78, 5) is 12.1. The minimum Gasteiger partial charge on any atom is -0.352 e. The smallest absolute Gasteiger partial charge is 0.224 e. The number of nitrogens with one attached hydrogen (secondary N) is 1. The predicted molar refractivity (Wildman–Crippen MR) is 97.1 cm³/mol. The van der Waals surface area contributed by atoms with E-state index in [1.54, 1.807) is 11.3 Å². The SMILES string of the molecule is Cc1nn(Cc2ccccc2)c(C)c1CNC(=O)Cc1ccsc1. The van der Waals surface area contributed by atoms with E-state index in [0.717, 1.165) is 29.1 Å². The molecule has 0 aliphatic carbocycles. The molecule has 5 heteroatoms. The zero-order chi connectivity index (χ0) is 16.9. The molecular weight excluding hydrogens is 318 g/mol. The first-order chi connectivity index (χ1) is 11.6. The molecule has 0 saturated heterocycles. The van der Waals surface area contributed by atoms with Crippen LogP contribution in [0.4, 0.5) is 0 Å². The Labute approximate surface area is 146 Å². The number of hydrogen-bond acceptors (Lipinski definition) is 3. The number of rotatable bonds is 6. The van der Waals surface area contributed by atoms with Crippen molar-refractivity contribution in [3.05, 3.63) is 75.2 Å². The van der Waals surface area contributed by atoms with Crippen molar-refractivity contribution in [3.8, 4) is 0 Å². The standard InChI is InChI=1S/C19H21N3OS/c1-14-18(11-20-19(23)10-17-8-9-24-13-17)15(2)22(21-14)12-16-6-4-3-5-7-16/h3-9,13H,10-12H2,1-2H3,(H,20,23). The maximum Gasteiger partial charge on any atom is 0.224 e. The van der Waals surface area contributed by atoms with Gasteiger partial charge in [-0.05, 0) is 41.8 Å². The van der Waals surface area contributed by atoms with Gasteiger partial charge in [-0.3, -0.25) is 9.48 Å². The average molecular weight is 339 g/mol. The minimum absolute atomic E-state index is 0.0445. The maximum absolute atomic E-state index is 12.1. The summed E-state index contributed by atoms with van der Waals surface area (Å²) in [6, 6.07) is 12.3. The fourth-order valence-corrected chi connectivity index (χ4v) is 3.40. The number of carbonyl (C=O) groups excluding carboxylic acids is 1. The third kappa shape index (κ3) is 3.92. The molecule has 0 radical (unpaired) electrons. The Bertz CT molecular complexity index is 807. The normalized spacial score (nSPS) is 10.8. The highest BCUT2D eigenvalue weighted by Gasteiger charge is 2.13. The van der Waals surface area contributed by atoms with Gasteiger partial charge in [-0.25, -0.2) is 0 Å². The Morgan fingerprint density at radius 1 is 1.17 bits per heavy atom. The van der Waals surface area contributed by atoms with Gasteiger partial charge in [0.1, 0.15) is 0 Å². The highest BCUT2D eigenvalue weighted by atomic mass is 32.1. The minimum atomic E-state index is 0.0445. The van der Waals surface area contributed by atoms with Crippen LogP contribution in [0.3, 0.4) is 0 Å². The molecule has 0 bridgehead atoms. The largest absolute Gasteiger partial charge is 0.352 e. The lowest BCUT2D eigenvalue weighted by atomic mass is 10.1. The zero-order valence-corrected chi connectivity index (χ0v) is 14.8. The molecule has 0 aliphatic rings. The van der Waals surface area contributed by atoms with Gasteiger partial charge >= 0.3 is 0 Å². The van der Waals surface area contributed by atoms with Crippen molar-refractivity contribution in [1.82, 2.24) is 15.1 Å². The first-order valence-electron chi connectivity index (χ1n) is 7.98. The second-order valence-corrected chi connectivity index (χ2v) is 6.66. The van der Waals surface area contributed by atoms with Crippen molar-refractivity contribution in [2.24, 2.45) is 0 Å². The van der Waals surface area contributed by atoms with Gasteiger partial charge in [0, 0.05) is 17.8 Å². The third-order valence-electron chi connectivity index (χ3n) is 4.11. The van der Waals surface area contributed by atoms with Gasteiger partial charge in [0.05, 0.1) is 18.7 Å². The molecule has 0 atom stereocenters. The summed E-state index contributed by atoms with van der Waals surface area (Å²) in [5, 5.41) is 11.6. The lowest BCUT2D eigenvalue weighted by molar-refractivity contribution is -0.120. The molecule has 0 fully saturated rings. The van der Waals surface area contributed by atoms with Crippen LogP contribution in [0.2, 0.25) is 0 Å². The number of aryl methyl sites for hydroxylation is 1. The quantitative estimate of drug-likeness (QED) is 0.747. The first kappa shape index (κ1) is 16.5. The van der Waals surface area contributed by atoms with E-state index in [-0.39, 0.29) is 5.91 Å². The molecule has 3 aromatic rings. The Morgan fingerprint density at radius 3 is 2.67 bits per heavy atom. The van der Waals surface area contributed by atoms with Gasteiger partial charge in [0.15, 0.2) is 0 Å². The number of aromatic nitrogens is 2.